The van der Waals surface area contributed by atoms with Crippen LogP contribution in [0.2, 0.25) is 0 Å². The fraction of sp³-hybridized carbons (Fsp3) is 0.923. The van der Waals surface area contributed by atoms with Gasteiger partial charge in [0, 0.05) is 31.7 Å². The van der Waals surface area contributed by atoms with Crippen molar-refractivity contribution in [3.05, 3.63) is 0 Å². The lowest BCUT2D eigenvalue weighted by Gasteiger charge is -2.38. The molecule has 18 heavy (non-hydrogen) atoms. The van der Waals surface area contributed by atoms with Gasteiger partial charge in [-0.2, -0.15) is 0 Å². The van der Waals surface area contributed by atoms with Crippen molar-refractivity contribution in [2.24, 2.45) is 5.41 Å². The van der Waals surface area contributed by atoms with E-state index in [9.17, 15) is 9.90 Å². The van der Waals surface area contributed by atoms with Crippen LogP contribution in [-0.4, -0.2) is 61.9 Å². The van der Waals surface area contributed by atoms with Gasteiger partial charge in [-0.25, -0.2) is 0 Å². The molecule has 0 aromatic carbocycles. The minimum atomic E-state index is -0.0517. The SMILES string of the molecule is CCOCCNC(=O)CN1CCCC(C)(CO)C1. The first-order valence-corrected chi connectivity index (χ1v) is 6.77. The maximum Gasteiger partial charge on any atom is 0.234 e. The number of carbonyl (C=O) groups is 1. The molecule has 1 amide bonds. The Hall–Kier alpha value is -0.650. The molecule has 2 N–H and O–H groups in total. The monoisotopic (exact) mass is 258 g/mol. The summed E-state index contributed by atoms with van der Waals surface area (Å²) in [5.41, 5.74) is -0.0517. The Bertz CT molecular complexity index is 261. The molecule has 1 heterocycles. The molecule has 5 heteroatoms. The highest BCUT2D eigenvalue weighted by Gasteiger charge is 2.30. The van der Waals surface area contributed by atoms with Gasteiger partial charge in [0.2, 0.25) is 5.91 Å². The summed E-state index contributed by atoms with van der Waals surface area (Å²) in [6.07, 6.45) is 2.08. The fourth-order valence-corrected chi connectivity index (χ4v) is 2.36. The predicted molar refractivity (Wildman–Crippen MR) is 70.4 cm³/mol. The van der Waals surface area contributed by atoms with Crippen molar-refractivity contribution >= 4 is 5.91 Å². The van der Waals surface area contributed by atoms with Crippen LogP contribution in [0.25, 0.3) is 0 Å². The predicted octanol–water partition coefficient (Wildman–Crippen LogP) is 0.234. The Labute approximate surface area is 109 Å². The molecule has 0 aliphatic carbocycles. The van der Waals surface area contributed by atoms with Crippen molar-refractivity contribution < 1.29 is 14.6 Å². The summed E-state index contributed by atoms with van der Waals surface area (Å²) in [7, 11) is 0. The van der Waals surface area contributed by atoms with Crippen LogP contribution >= 0.6 is 0 Å². The smallest absolute Gasteiger partial charge is 0.234 e. The second kappa shape index (κ2) is 7.71. The molecule has 1 aliphatic heterocycles. The van der Waals surface area contributed by atoms with Crippen molar-refractivity contribution in [2.45, 2.75) is 26.7 Å². The van der Waals surface area contributed by atoms with Crippen molar-refractivity contribution in [3.63, 3.8) is 0 Å². The van der Waals surface area contributed by atoms with E-state index < -0.39 is 0 Å². The van der Waals surface area contributed by atoms with E-state index in [4.69, 9.17) is 4.74 Å². The first-order chi connectivity index (χ1) is 8.59. The van der Waals surface area contributed by atoms with E-state index in [-0.39, 0.29) is 17.9 Å². The Morgan fingerprint density at radius 3 is 3.00 bits per heavy atom. The zero-order valence-corrected chi connectivity index (χ0v) is 11.6. The van der Waals surface area contributed by atoms with Crippen LogP contribution in [0.5, 0.6) is 0 Å². The molecule has 1 saturated heterocycles. The first-order valence-electron chi connectivity index (χ1n) is 6.77. The summed E-state index contributed by atoms with van der Waals surface area (Å²) in [4.78, 5) is 13.8. The zero-order valence-electron chi connectivity index (χ0n) is 11.6. The number of carbonyl (C=O) groups excluding carboxylic acids is 1. The first kappa shape index (κ1) is 15.4. The number of nitrogens with one attached hydrogen (secondary N) is 1. The molecule has 1 fully saturated rings. The summed E-state index contributed by atoms with van der Waals surface area (Å²) in [5, 5.41) is 12.2. The number of ether oxygens (including phenoxy) is 1. The molecular formula is C13H26N2O3. The van der Waals surface area contributed by atoms with Crippen LogP contribution in [0.3, 0.4) is 0 Å². The van der Waals surface area contributed by atoms with Crippen molar-refractivity contribution in [3.8, 4) is 0 Å². The van der Waals surface area contributed by atoms with E-state index in [1.54, 1.807) is 0 Å². The van der Waals surface area contributed by atoms with E-state index >= 15 is 0 Å². The second-order valence-corrected chi connectivity index (χ2v) is 5.33. The van der Waals surface area contributed by atoms with Crippen LogP contribution in [0, 0.1) is 5.41 Å². The summed E-state index contributed by atoms with van der Waals surface area (Å²) in [6, 6.07) is 0. The Balaban J connectivity index is 2.23. The fourth-order valence-electron chi connectivity index (χ4n) is 2.36. The van der Waals surface area contributed by atoms with E-state index in [2.05, 4.69) is 17.1 Å². The van der Waals surface area contributed by atoms with Crippen LogP contribution in [-0.2, 0) is 9.53 Å². The van der Waals surface area contributed by atoms with Crippen molar-refractivity contribution in [1.82, 2.24) is 10.2 Å². The van der Waals surface area contributed by atoms with Crippen LogP contribution in [0.1, 0.15) is 26.7 Å². The average molecular weight is 258 g/mol. The molecule has 1 rings (SSSR count). The van der Waals surface area contributed by atoms with Gasteiger partial charge in [0.25, 0.3) is 0 Å². The standard InChI is InChI=1S/C13H26N2O3/c1-3-18-8-6-14-12(17)9-15-7-4-5-13(2,10-15)11-16/h16H,3-11H2,1-2H3,(H,14,17). The van der Waals surface area contributed by atoms with Crippen molar-refractivity contribution in [1.29, 1.82) is 0 Å². The van der Waals surface area contributed by atoms with Gasteiger partial charge >= 0.3 is 0 Å². The number of rotatable bonds is 7. The molecule has 0 saturated carbocycles. The minimum Gasteiger partial charge on any atom is -0.396 e. The average Bonchev–Trinajstić information content (AvgIpc) is 2.35. The van der Waals surface area contributed by atoms with Gasteiger partial charge in [-0.1, -0.05) is 6.92 Å². The summed E-state index contributed by atoms with van der Waals surface area (Å²) in [5.74, 6) is 0.0388. The lowest BCUT2D eigenvalue weighted by molar-refractivity contribution is -0.123. The van der Waals surface area contributed by atoms with E-state index in [1.165, 1.54) is 0 Å². The second-order valence-electron chi connectivity index (χ2n) is 5.33. The highest BCUT2D eigenvalue weighted by Crippen LogP contribution is 2.28. The molecule has 0 aromatic heterocycles. The van der Waals surface area contributed by atoms with Crippen LogP contribution < -0.4 is 5.32 Å². The summed E-state index contributed by atoms with van der Waals surface area (Å²) in [6.45, 7) is 8.16. The lowest BCUT2D eigenvalue weighted by Crippen LogP contribution is -2.47. The molecule has 0 aromatic rings. The molecule has 5 nitrogen and oxygen atoms in total. The topological polar surface area (TPSA) is 61.8 Å². The summed E-state index contributed by atoms with van der Waals surface area (Å²) >= 11 is 0. The third-order valence-corrected chi connectivity index (χ3v) is 3.38. The molecule has 1 aliphatic rings. The largest absolute Gasteiger partial charge is 0.396 e. The van der Waals surface area contributed by atoms with E-state index in [1.807, 2.05) is 6.92 Å². The molecule has 0 spiro atoms. The molecule has 0 bridgehead atoms. The molecule has 1 atom stereocenters. The number of aliphatic hydroxyl groups is 1. The third kappa shape index (κ3) is 5.33. The third-order valence-electron chi connectivity index (χ3n) is 3.38. The Morgan fingerprint density at radius 1 is 1.56 bits per heavy atom. The quantitative estimate of drug-likeness (QED) is 0.642. The number of aliphatic hydroxyl groups excluding tert-OH is 1. The van der Waals surface area contributed by atoms with Crippen molar-refractivity contribution in [2.75, 3.05) is 46.0 Å². The van der Waals surface area contributed by atoms with Crippen LogP contribution in [0.15, 0.2) is 0 Å². The van der Waals surface area contributed by atoms with E-state index in [0.717, 1.165) is 25.9 Å². The maximum absolute atomic E-state index is 11.7. The molecular weight excluding hydrogens is 232 g/mol. The number of amides is 1. The lowest BCUT2D eigenvalue weighted by atomic mass is 9.83. The number of hydrogen-bond acceptors (Lipinski definition) is 4. The van der Waals surface area contributed by atoms with Crippen LogP contribution in [0.4, 0.5) is 0 Å². The minimum absolute atomic E-state index is 0.0388. The number of hydrogen-bond donors (Lipinski definition) is 2. The summed E-state index contributed by atoms with van der Waals surface area (Å²) < 4.78 is 5.16. The highest BCUT2D eigenvalue weighted by molar-refractivity contribution is 5.78. The number of likely N-dealkylation sites (tertiary alicyclic amines) is 1. The Kier molecular flexibility index (Phi) is 6.60. The number of piperidine rings is 1. The molecule has 106 valence electrons. The number of nitrogens with zero attached hydrogens (tertiary/aromatic N) is 1. The van der Waals surface area contributed by atoms with E-state index in [0.29, 0.717) is 26.3 Å². The van der Waals surface area contributed by atoms with Gasteiger partial charge in [0.1, 0.15) is 0 Å². The van der Waals surface area contributed by atoms with Gasteiger partial charge in [-0.05, 0) is 26.3 Å². The van der Waals surface area contributed by atoms with Gasteiger partial charge in [0.15, 0.2) is 0 Å². The van der Waals surface area contributed by atoms with Gasteiger partial charge in [-0.3, -0.25) is 9.69 Å². The van der Waals surface area contributed by atoms with Gasteiger partial charge in [-0.15, -0.1) is 0 Å². The van der Waals surface area contributed by atoms with Gasteiger partial charge < -0.3 is 15.2 Å². The van der Waals surface area contributed by atoms with Gasteiger partial charge in [0.05, 0.1) is 13.2 Å². The normalized spacial score (nSPS) is 25.1. The maximum atomic E-state index is 11.7. The highest BCUT2D eigenvalue weighted by atomic mass is 16.5. The molecule has 0 radical (unpaired) electrons. The Morgan fingerprint density at radius 2 is 2.33 bits per heavy atom. The zero-order chi connectivity index (χ0) is 13.4. The molecule has 1 unspecified atom stereocenters.